The van der Waals surface area contributed by atoms with Crippen LogP contribution in [0.25, 0.3) is 10.9 Å². The van der Waals surface area contributed by atoms with Crippen LogP contribution in [-0.4, -0.2) is 28.1 Å². The Morgan fingerprint density at radius 2 is 2.17 bits per heavy atom. The highest BCUT2D eigenvalue weighted by atomic mass is 127. The Bertz CT molecular complexity index is 841. The van der Waals surface area contributed by atoms with Gasteiger partial charge in [-0.1, -0.05) is 0 Å². The maximum absolute atomic E-state index is 12.4. The number of benzene rings is 1. The highest BCUT2D eigenvalue weighted by molar-refractivity contribution is 14.1. The molecule has 126 valence electrons. The Morgan fingerprint density at radius 1 is 1.46 bits per heavy atom. The molecule has 0 aliphatic heterocycles. The molecule has 0 amide bonds. The van der Waals surface area contributed by atoms with E-state index in [1.807, 2.05) is 0 Å². The van der Waals surface area contributed by atoms with Crippen molar-refractivity contribution in [2.75, 3.05) is 6.61 Å². The second-order valence-corrected chi connectivity index (χ2v) is 7.94. The molecule has 3 rings (SSSR count). The molecule has 1 saturated carbocycles. The van der Waals surface area contributed by atoms with Gasteiger partial charge in [0.15, 0.2) is 0 Å². The van der Waals surface area contributed by atoms with Crippen molar-refractivity contribution in [1.82, 2.24) is 9.78 Å². The first kappa shape index (κ1) is 17.0. The number of halogens is 1. The number of ether oxygens (including phenoxy) is 2. The third-order valence-electron chi connectivity index (χ3n) is 3.59. The Morgan fingerprint density at radius 3 is 2.75 bits per heavy atom. The van der Waals surface area contributed by atoms with E-state index in [1.165, 1.54) is 17.5 Å². The van der Waals surface area contributed by atoms with Crippen LogP contribution < -0.4 is 4.74 Å². The van der Waals surface area contributed by atoms with E-state index in [0.29, 0.717) is 33.1 Å². The van der Waals surface area contributed by atoms with Gasteiger partial charge in [0.1, 0.15) is 21.1 Å². The monoisotopic (exact) mass is 439 g/mol. The van der Waals surface area contributed by atoms with Crippen LogP contribution in [0.1, 0.15) is 39.2 Å². The van der Waals surface area contributed by atoms with Crippen LogP contribution in [0.3, 0.4) is 0 Å². The Labute approximate surface area is 153 Å². The fraction of sp³-hybridized carbons (Fsp3) is 0.471. The first-order valence-electron chi connectivity index (χ1n) is 7.77. The van der Waals surface area contributed by atoms with Crippen molar-refractivity contribution >= 4 is 39.6 Å². The molecule has 1 heterocycles. The van der Waals surface area contributed by atoms with Crippen LogP contribution in [0.15, 0.2) is 12.1 Å². The van der Waals surface area contributed by atoms with Gasteiger partial charge in [0, 0.05) is 5.39 Å². The van der Waals surface area contributed by atoms with E-state index < -0.39 is 11.7 Å². The van der Waals surface area contributed by atoms with Gasteiger partial charge in [-0.05, 0) is 74.3 Å². The van der Waals surface area contributed by atoms with Gasteiger partial charge in [-0.2, -0.15) is 15.0 Å². The van der Waals surface area contributed by atoms with Crippen LogP contribution in [0.4, 0.5) is 4.79 Å². The van der Waals surface area contributed by atoms with Crippen LogP contribution >= 0.6 is 22.6 Å². The lowest BCUT2D eigenvalue weighted by molar-refractivity contribution is 0.0522. The maximum Gasteiger partial charge on any atom is 0.435 e. The molecule has 0 N–H and O–H groups in total. The average Bonchev–Trinajstić information content (AvgIpc) is 3.27. The molecule has 0 atom stereocenters. The van der Waals surface area contributed by atoms with Gasteiger partial charge < -0.3 is 9.47 Å². The summed E-state index contributed by atoms with van der Waals surface area (Å²) in [5, 5.41) is 14.4. The van der Waals surface area contributed by atoms with Crippen molar-refractivity contribution in [3.63, 3.8) is 0 Å². The van der Waals surface area contributed by atoms with Crippen molar-refractivity contribution in [3.05, 3.63) is 21.4 Å². The van der Waals surface area contributed by atoms with Gasteiger partial charge in [0.05, 0.1) is 17.7 Å². The molecule has 0 spiro atoms. The predicted octanol–water partition coefficient (Wildman–Crippen LogP) is 4.08. The molecule has 0 saturated heterocycles. The molecule has 1 aliphatic rings. The third kappa shape index (κ3) is 3.64. The van der Waals surface area contributed by atoms with Crippen molar-refractivity contribution in [3.8, 4) is 11.8 Å². The number of nitrogens with zero attached hydrogens (tertiary/aromatic N) is 3. The largest absolute Gasteiger partial charge is 0.492 e. The summed E-state index contributed by atoms with van der Waals surface area (Å²) in [6, 6.07) is 5.55. The van der Waals surface area contributed by atoms with Crippen LogP contribution in [0.2, 0.25) is 0 Å². The summed E-state index contributed by atoms with van der Waals surface area (Å²) in [6.07, 6.45) is 1.79. The van der Waals surface area contributed by atoms with Gasteiger partial charge in [0.25, 0.3) is 0 Å². The molecule has 0 unspecified atom stereocenters. The zero-order valence-corrected chi connectivity index (χ0v) is 16.0. The number of rotatable bonds is 3. The first-order valence-corrected chi connectivity index (χ1v) is 8.85. The fourth-order valence-electron chi connectivity index (χ4n) is 2.25. The fourth-order valence-corrected chi connectivity index (χ4v) is 2.90. The molecule has 6 nitrogen and oxygen atoms in total. The van der Waals surface area contributed by atoms with Crippen LogP contribution in [-0.2, 0) is 4.74 Å². The maximum atomic E-state index is 12.4. The minimum atomic E-state index is -0.619. The summed E-state index contributed by atoms with van der Waals surface area (Å²) in [5.41, 5.74) is 0.319. The van der Waals surface area contributed by atoms with Crippen LogP contribution in [0.5, 0.6) is 5.75 Å². The second-order valence-electron chi connectivity index (χ2n) is 6.91. The summed E-state index contributed by atoms with van der Waals surface area (Å²) in [6.45, 7) is 6.02. The molecule has 0 radical (unpaired) electrons. The Balaban J connectivity index is 2.00. The number of aromatic nitrogens is 2. The molecule has 1 aromatic heterocycles. The normalized spacial score (nSPS) is 14.5. The van der Waals surface area contributed by atoms with Gasteiger partial charge in [-0.3, -0.25) is 0 Å². The van der Waals surface area contributed by atoms with Gasteiger partial charge >= 0.3 is 6.09 Å². The molecule has 1 fully saturated rings. The van der Waals surface area contributed by atoms with E-state index in [0.717, 1.165) is 5.39 Å². The Kier molecular flexibility index (Phi) is 4.42. The highest BCUT2D eigenvalue weighted by Crippen LogP contribution is 2.33. The van der Waals surface area contributed by atoms with E-state index in [-0.39, 0.29) is 0 Å². The predicted molar refractivity (Wildman–Crippen MR) is 97.0 cm³/mol. The van der Waals surface area contributed by atoms with E-state index in [4.69, 9.17) is 9.47 Å². The lowest BCUT2D eigenvalue weighted by Crippen LogP contribution is -2.27. The number of nitriles is 1. The molecule has 2 aromatic rings. The standard InChI is InChI=1S/C17H18IN3O3/c1-17(2,3)24-16(22)21-13-6-11(8-19)14(23-9-10-4-5-10)7-12(13)15(18)20-21/h6-7,10H,4-5,9H2,1-3H3. The molecule has 7 heteroatoms. The average molecular weight is 439 g/mol. The van der Waals surface area contributed by atoms with Crippen molar-refractivity contribution < 1.29 is 14.3 Å². The van der Waals surface area contributed by atoms with E-state index in [2.05, 4.69) is 33.8 Å². The number of fused-ring (bicyclic) bond motifs is 1. The second kappa shape index (κ2) is 6.24. The third-order valence-corrected chi connectivity index (χ3v) is 4.39. The van der Waals surface area contributed by atoms with Crippen LogP contribution in [0, 0.1) is 20.9 Å². The lowest BCUT2D eigenvalue weighted by Gasteiger charge is -2.19. The SMILES string of the molecule is CC(C)(C)OC(=O)n1nc(I)c2cc(OCC3CC3)c(C#N)cc21. The zero-order valence-electron chi connectivity index (χ0n) is 13.8. The highest BCUT2D eigenvalue weighted by Gasteiger charge is 2.25. The zero-order chi connectivity index (χ0) is 17.5. The van der Waals surface area contributed by atoms with Crippen molar-refractivity contribution in [2.45, 2.75) is 39.2 Å². The lowest BCUT2D eigenvalue weighted by atomic mass is 10.1. The van der Waals surface area contributed by atoms with Crippen molar-refractivity contribution in [2.24, 2.45) is 5.92 Å². The number of carbonyl (C=O) groups is 1. The van der Waals surface area contributed by atoms with E-state index in [1.54, 1.807) is 32.9 Å². The molecule has 24 heavy (non-hydrogen) atoms. The summed E-state index contributed by atoms with van der Waals surface area (Å²) < 4.78 is 13.0. The molecule has 1 aliphatic carbocycles. The topological polar surface area (TPSA) is 77.1 Å². The Hall–Kier alpha value is -1.82. The number of hydrogen-bond acceptors (Lipinski definition) is 5. The summed E-state index contributed by atoms with van der Waals surface area (Å²) in [4.78, 5) is 12.4. The molecule has 0 bridgehead atoms. The summed E-state index contributed by atoms with van der Waals surface area (Å²) in [5.74, 6) is 1.13. The number of carbonyl (C=O) groups excluding carboxylic acids is 1. The summed E-state index contributed by atoms with van der Waals surface area (Å²) >= 11 is 2.07. The van der Waals surface area contributed by atoms with E-state index >= 15 is 0 Å². The van der Waals surface area contributed by atoms with Gasteiger partial charge in [-0.25, -0.2) is 4.79 Å². The first-order chi connectivity index (χ1) is 11.3. The molecular formula is C17H18IN3O3. The number of hydrogen-bond donors (Lipinski definition) is 0. The smallest absolute Gasteiger partial charge is 0.435 e. The van der Waals surface area contributed by atoms with Gasteiger partial charge in [-0.15, -0.1) is 0 Å². The quantitative estimate of drug-likeness (QED) is 0.674. The van der Waals surface area contributed by atoms with Gasteiger partial charge in [0.2, 0.25) is 0 Å². The van der Waals surface area contributed by atoms with Crippen molar-refractivity contribution in [1.29, 1.82) is 5.26 Å². The molecule has 1 aromatic carbocycles. The minimum absolute atomic E-state index is 0.393. The molecular weight excluding hydrogens is 421 g/mol. The minimum Gasteiger partial charge on any atom is -0.492 e. The van der Waals surface area contributed by atoms with E-state index in [9.17, 15) is 10.1 Å². The summed E-state index contributed by atoms with van der Waals surface area (Å²) in [7, 11) is 0.